The number of hydrogen-bond donors (Lipinski definition) is 0. The largest absolute Gasteiger partial charge is 0.316 e. The first-order valence-corrected chi connectivity index (χ1v) is 13.4. The zero-order chi connectivity index (χ0) is 21.3. The Morgan fingerprint density at radius 1 is 1.20 bits per heavy atom. The predicted molar refractivity (Wildman–Crippen MR) is 121 cm³/mol. The summed E-state index contributed by atoms with van der Waals surface area (Å²) >= 11 is 2.67. The maximum Gasteiger partial charge on any atom is 0.266 e. The molecule has 0 aliphatic carbocycles. The van der Waals surface area contributed by atoms with Gasteiger partial charge in [-0.05, 0) is 49.3 Å². The van der Waals surface area contributed by atoms with Gasteiger partial charge in [0.1, 0.15) is 10.3 Å². The molecule has 30 heavy (non-hydrogen) atoms. The number of aromatic nitrogens is 1. The topological polar surface area (TPSA) is 71.7 Å². The molecule has 6 nitrogen and oxygen atoms in total. The molecular formula is C21H25N3O3S3. The molecule has 1 fully saturated rings. The first-order chi connectivity index (χ1) is 14.5. The number of sulfonamides is 1. The van der Waals surface area contributed by atoms with Crippen LogP contribution in [0.1, 0.15) is 38.7 Å². The Bertz CT molecular complexity index is 1220. The van der Waals surface area contributed by atoms with E-state index in [0.717, 1.165) is 29.5 Å². The number of nitrogens with zero attached hydrogens (tertiary/aromatic N) is 3. The van der Waals surface area contributed by atoms with Gasteiger partial charge in [-0.2, -0.15) is 9.30 Å². The molecule has 0 radical (unpaired) electrons. The average Bonchev–Trinajstić information content (AvgIpc) is 3.41. The lowest BCUT2D eigenvalue weighted by Crippen LogP contribution is -2.47. The summed E-state index contributed by atoms with van der Waals surface area (Å²) in [5.74, 6) is -0.373. The minimum absolute atomic E-state index is 0.278. The molecular weight excluding hydrogens is 438 g/mol. The van der Waals surface area contributed by atoms with Crippen molar-refractivity contribution in [3.63, 3.8) is 0 Å². The molecule has 1 aromatic carbocycles. The summed E-state index contributed by atoms with van der Waals surface area (Å²) in [7, 11) is -3.69. The van der Waals surface area contributed by atoms with E-state index in [1.54, 1.807) is 17.5 Å². The molecule has 1 saturated heterocycles. The third kappa shape index (κ3) is 3.79. The first kappa shape index (κ1) is 21.4. The van der Waals surface area contributed by atoms with Crippen LogP contribution in [0, 0.1) is 0 Å². The molecule has 0 bridgehead atoms. The zero-order valence-corrected chi connectivity index (χ0v) is 19.5. The number of fused-ring (bicyclic) bond motifs is 1. The molecule has 3 heterocycles. The molecule has 2 aromatic heterocycles. The minimum atomic E-state index is -3.69. The van der Waals surface area contributed by atoms with Crippen LogP contribution >= 0.6 is 22.7 Å². The second kappa shape index (κ2) is 8.74. The van der Waals surface area contributed by atoms with Crippen molar-refractivity contribution in [3.8, 4) is 0 Å². The van der Waals surface area contributed by atoms with Crippen LogP contribution in [0.4, 0.5) is 0 Å². The van der Waals surface area contributed by atoms with Gasteiger partial charge in [0.2, 0.25) is 0 Å². The highest BCUT2D eigenvalue weighted by atomic mass is 32.2. The van der Waals surface area contributed by atoms with Gasteiger partial charge in [0.15, 0.2) is 4.80 Å². The molecule has 4 rings (SSSR count). The Kier molecular flexibility index (Phi) is 6.24. The van der Waals surface area contributed by atoms with Crippen molar-refractivity contribution in [1.29, 1.82) is 0 Å². The van der Waals surface area contributed by atoms with Gasteiger partial charge in [-0.3, -0.25) is 4.79 Å². The average molecular weight is 464 g/mol. The quantitative estimate of drug-likeness (QED) is 0.574. The molecule has 0 spiro atoms. The van der Waals surface area contributed by atoms with Crippen LogP contribution in [0.2, 0.25) is 0 Å². The summed E-state index contributed by atoms with van der Waals surface area (Å²) in [6.07, 6.45) is 2.98. The van der Waals surface area contributed by atoms with Crippen LogP contribution < -0.4 is 4.80 Å². The van der Waals surface area contributed by atoms with Crippen LogP contribution in [0.3, 0.4) is 0 Å². The van der Waals surface area contributed by atoms with Crippen LogP contribution in [0.5, 0.6) is 0 Å². The summed E-state index contributed by atoms with van der Waals surface area (Å²) in [5.41, 5.74) is 2.34. The number of aryl methyl sites for hydroxylation is 2. The summed E-state index contributed by atoms with van der Waals surface area (Å²) < 4.78 is 31.0. The van der Waals surface area contributed by atoms with E-state index in [4.69, 9.17) is 0 Å². The van der Waals surface area contributed by atoms with Crippen molar-refractivity contribution < 1.29 is 13.2 Å². The van der Waals surface area contributed by atoms with E-state index in [0.29, 0.717) is 24.3 Å². The molecule has 1 unspecified atom stereocenters. The summed E-state index contributed by atoms with van der Waals surface area (Å²) in [6, 6.07) is 8.74. The van der Waals surface area contributed by atoms with Gasteiger partial charge < -0.3 is 4.57 Å². The molecule has 1 aliphatic rings. The lowest BCUT2D eigenvalue weighted by molar-refractivity contribution is -0.122. The van der Waals surface area contributed by atoms with E-state index >= 15 is 0 Å². The van der Waals surface area contributed by atoms with Crippen molar-refractivity contribution in [2.24, 2.45) is 4.99 Å². The standard InChI is InChI=1S/C21H25N3O3S3/c1-3-15-9-7-11-17-19(15)23(4-2)21(29-17)22-20(25)16-10-5-6-13-24(16)30(26,27)18-12-8-14-28-18/h7-9,11-12,14,16H,3-6,10,13H2,1-2H3. The van der Waals surface area contributed by atoms with Crippen molar-refractivity contribution in [2.75, 3.05) is 6.54 Å². The normalized spacial score (nSPS) is 18.9. The first-order valence-electron chi connectivity index (χ1n) is 10.2. The van der Waals surface area contributed by atoms with Gasteiger partial charge in [0, 0.05) is 13.1 Å². The molecule has 0 N–H and O–H groups in total. The van der Waals surface area contributed by atoms with E-state index in [1.165, 1.54) is 32.5 Å². The van der Waals surface area contributed by atoms with E-state index < -0.39 is 16.1 Å². The molecule has 9 heteroatoms. The summed E-state index contributed by atoms with van der Waals surface area (Å²) in [4.78, 5) is 18.3. The van der Waals surface area contributed by atoms with Crippen LogP contribution in [-0.2, 0) is 27.8 Å². The number of carbonyl (C=O) groups is 1. The predicted octanol–water partition coefficient (Wildman–Crippen LogP) is 4.02. The molecule has 3 aromatic rings. The Labute approximate surface area is 184 Å². The Hall–Kier alpha value is -1.81. The third-order valence-electron chi connectivity index (χ3n) is 5.48. The maximum absolute atomic E-state index is 13.2. The SMILES string of the molecule is CCc1cccc2sc(=NC(=O)C3CCCCN3S(=O)(=O)c3cccs3)n(CC)c12. The zero-order valence-electron chi connectivity index (χ0n) is 17.1. The summed E-state index contributed by atoms with van der Waals surface area (Å²) in [6.45, 7) is 5.21. The number of hydrogen-bond acceptors (Lipinski definition) is 5. The molecule has 1 amide bonds. The smallest absolute Gasteiger partial charge is 0.266 e. The number of thiophene rings is 1. The van der Waals surface area contributed by atoms with Crippen molar-refractivity contribution in [1.82, 2.24) is 8.87 Å². The fourth-order valence-corrected chi connectivity index (χ4v) is 7.92. The van der Waals surface area contributed by atoms with Gasteiger partial charge >= 0.3 is 0 Å². The fourth-order valence-electron chi connectivity index (χ4n) is 4.00. The lowest BCUT2D eigenvalue weighted by Gasteiger charge is -2.31. The Balaban J connectivity index is 1.76. The van der Waals surface area contributed by atoms with Crippen LogP contribution in [-0.4, -0.2) is 35.8 Å². The van der Waals surface area contributed by atoms with Crippen molar-refractivity contribution in [2.45, 2.75) is 56.3 Å². The second-order valence-electron chi connectivity index (χ2n) is 7.26. The number of benzene rings is 1. The van der Waals surface area contributed by atoms with Gasteiger partial charge in [-0.1, -0.05) is 42.9 Å². The number of para-hydroxylation sites is 1. The number of carbonyl (C=O) groups excluding carboxylic acids is 1. The summed E-state index contributed by atoms with van der Waals surface area (Å²) in [5, 5.41) is 1.74. The van der Waals surface area contributed by atoms with Crippen LogP contribution in [0.15, 0.2) is 44.9 Å². The van der Waals surface area contributed by atoms with Gasteiger partial charge in [0.05, 0.1) is 10.2 Å². The monoisotopic (exact) mass is 463 g/mol. The number of amides is 1. The van der Waals surface area contributed by atoms with Gasteiger partial charge in [-0.15, -0.1) is 11.3 Å². The van der Waals surface area contributed by atoms with E-state index in [2.05, 4.69) is 22.5 Å². The molecule has 0 saturated carbocycles. The number of rotatable bonds is 5. The fraction of sp³-hybridized carbons (Fsp3) is 0.429. The maximum atomic E-state index is 13.2. The van der Waals surface area contributed by atoms with Gasteiger partial charge in [0.25, 0.3) is 15.9 Å². The Morgan fingerprint density at radius 3 is 2.73 bits per heavy atom. The third-order valence-corrected chi connectivity index (χ3v) is 9.81. The molecule has 1 atom stereocenters. The highest BCUT2D eigenvalue weighted by Gasteiger charge is 2.38. The van der Waals surface area contributed by atoms with Crippen molar-refractivity contribution in [3.05, 3.63) is 46.1 Å². The molecule has 1 aliphatic heterocycles. The van der Waals surface area contributed by atoms with E-state index in [-0.39, 0.29) is 10.1 Å². The highest BCUT2D eigenvalue weighted by Crippen LogP contribution is 2.28. The lowest BCUT2D eigenvalue weighted by atomic mass is 10.0. The highest BCUT2D eigenvalue weighted by molar-refractivity contribution is 7.91. The Morgan fingerprint density at radius 2 is 2.03 bits per heavy atom. The van der Waals surface area contributed by atoms with Crippen LogP contribution in [0.25, 0.3) is 10.2 Å². The van der Waals surface area contributed by atoms with E-state index in [9.17, 15) is 13.2 Å². The molecule has 160 valence electrons. The second-order valence-corrected chi connectivity index (χ2v) is 11.3. The number of piperidine rings is 1. The van der Waals surface area contributed by atoms with Crippen molar-refractivity contribution >= 4 is 48.8 Å². The van der Waals surface area contributed by atoms with Gasteiger partial charge in [-0.25, -0.2) is 8.42 Å². The number of thiazole rings is 1. The van der Waals surface area contributed by atoms with E-state index in [1.807, 2.05) is 19.1 Å². The minimum Gasteiger partial charge on any atom is -0.316 e.